The molecule has 0 spiro atoms. The maximum atomic E-state index is 10.5. The average molecular weight is 243 g/mol. The fourth-order valence-electron chi connectivity index (χ4n) is 0.787. The highest BCUT2D eigenvalue weighted by molar-refractivity contribution is 9.10. The fraction of sp³-hybridized carbons (Fsp3) is 0.125. The lowest BCUT2D eigenvalue weighted by molar-refractivity contribution is 0.148. The summed E-state index contributed by atoms with van der Waals surface area (Å²) in [5, 5.41) is 2.61. The molecule has 0 aliphatic rings. The molecule has 13 heavy (non-hydrogen) atoms. The van der Waals surface area contributed by atoms with Crippen LogP contribution in [-0.2, 0) is 11.3 Å². The van der Waals surface area contributed by atoms with Gasteiger partial charge in [0.2, 0.25) is 0 Å². The Hall–Kier alpha value is -1.23. The Morgan fingerprint density at radius 3 is 2.85 bits per heavy atom. The number of halogens is 1. The first-order valence-corrected chi connectivity index (χ1v) is 4.31. The van der Waals surface area contributed by atoms with Crippen molar-refractivity contribution in [3.63, 3.8) is 0 Å². The topological polar surface area (TPSA) is 62.5 Å². The smallest absolute Gasteiger partial charge is 0.442 e. The molecular formula is C8H7BrN2O2. The fourth-order valence-corrected chi connectivity index (χ4v) is 1.19. The monoisotopic (exact) mass is 242 g/mol. The van der Waals surface area contributed by atoms with Gasteiger partial charge in [-0.1, -0.05) is 39.2 Å². The van der Waals surface area contributed by atoms with E-state index in [1.54, 1.807) is 0 Å². The number of carbonyl (C=O) groups excluding carboxylic acids is 1. The van der Waals surface area contributed by atoms with Crippen LogP contribution in [0.5, 0.6) is 0 Å². The number of amides is 1. The van der Waals surface area contributed by atoms with Gasteiger partial charge in [0.05, 0.1) is 0 Å². The van der Waals surface area contributed by atoms with E-state index in [0.717, 1.165) is 10.0 Å². The Kier molecular flexibility index (Phi) is 3.57. The molecule has 0 radical (unpaired) electrons. The summed E-state index contributed by atoms with van der Waals surface area (Å²) >= 11 is 3.30. The molecule has 1 aromatic carbocycles. The van der Waals surface area contributed by atoms with Crippen molar-refractivity contribution in [3.8, 4) is 0 Å². The Morgan fingerprint density at radius 2 is 2.23 bits per heavy atom. The third-order valence-electron chi connectivity index (χ3n) is 1.40. The number of nitrogens with zero attached hydrogens (tertiary/aromatic N) is 1. The molecule has 0 fully saturated rings. The zero-order chi connectivity index (χ0) is 9.68. The minimum atomic E-state index is -0.879. The van der Waals surface area contributed by atoms with E-state index in [-0.39, 0.29) is 6.61 Å². The van der Waals surface area contributed by atoms with Crippen molar-refractivity contribution in [1.82, 2.24) is 0 Å². The van der Waals surface area contributed by atoms with Crippen molar-refractivity contribution in [2.24, 2.45) is 5.11 Å². The van der Waals surface area contributed by atoms with Crippen LogP contribution in [0, 0.1) is 5.53 Å². The van der Waals surface area contributed by atoms with Crippen molar-refractivity contribution in [1.29, 1.82) is 5.53 Å². The van der Waals surface area contributed by atoms with Crippen LogP contribution in [0.15, 0.2) is 33.9 Å². The Bertz CT molecular complexity index is 328. The van der Waals surface area contributed by atoms with E-state index in [1.165, 1.54) is 0 Å². The SMILES string of the molecule is N=NC(=O)OCc1ccccc1Br. The number of hydrogen-bond acceptors (Lipinski definition) is 3. The lowest BCUT2D eigenvalue weighted by atomic mass is 10.2. The van der Waals surface area contributed by atoms with Crippen molar-refractivity contribution >= 4 is 22.0 Å². The molecule has 0 unspecified atom stereocenters. The molecule has 0 heterocycles. The first-order chi connectivity index (χ1) is 6.24. The Morgan fingerprint density at radius 1 is 1.54 bits per heavy atom. The summed E-state index contributed by atoms with van der Waals surface area (Å²) in [7, 11) is 0. The van der Waals surface area contributed by atoms with E-state index in [4.69, 9.17) is 5.53 Å². The van der Waals surface area contributed by atoms with Gasteiger partial charge in [-0.25, -0.2) is 4.79 Å². The van der Waals surface area contributed by atoms with Gasteiger partial charge in [0.1, 0.15) is 6.61 Å². The second kappa shape index (κ2) is 4.71. The van der Waals surface area contributed by atoms with Gasteiger partial charge < -0.3 is 4.74 Å². The van der Waals surface area contributed by atoms with Gasteiger partial charge in [-0.15, -0.1) is 0 Å². The van der Waals surface area contributed by atoms with Crippen LogP contribution in [0.2, 0.25) is 0 Å². The summed E-state index contributed by atoms with van der Waals surface area (Å²) in [5.74, 6) is 0. The highest BCUT2D eigenvalue weighted by atomic mass is 79.9. The predicted octanol–water partition coefficient (Wildman–Crippen LogP) is 3.12. The van der Waals surface area contributed by atoms with Gasteiger partial charge in [0, 0.05) is 10.0 Å². The maximum absolute atomic E-state index is 10.5. The van der Waals surface area contributed by atoms with E-state index in [1.807, 2.05) is 24.3 Å². The summed E-state index contributed by atoms with van der Waals surface area (Å²) in [6.07, 6.45) is -0.879. The van der Waals surface area contributed by atoms with Crippen molar-refractivity contribution in [2.75, 3.05) is 0 Å². The molecule has 68 valence electrons. The molecule has 0 bridgehead atoms. The number of ether oxygens (including phenoxy) is 1. The zero-order valence-electron chi connectivity index (χ0n) is 6.66. The largest absolute Gasteiger partial charge is 0.452 e. The zero-order valence-corrected chi connectivity index (χ0v) is 8.24. The minimum Gasteiger partial charge on any atom is -0.442 e. The first-order valence-electron chi connectivity index (χ1n) is 3.51. The van der Waals surface area contributed by atoms with Crippen LogP contribution in [-0.4, -0.2) is 6.09 Å². The van der Waals surface area contributed by atoms with E-state index < -0.39 is 6.09 Å². The average Bonchev–Trinajstić information content (AvgIpc) is 2.16. The molecular weight excluding hydrogens is 236 g/mol. The van der Waals surface area contributed by atoms with Crippen LogP contribution in [0.1, 0.15) is 5.56 Å². The summed E-state index contributed by atoms with van der Waals surface area (Å²) < 4.78 is 5.50. The molecule has 0 aliphatic carbocycles. The molecule has 0 saturated heterocycles. The highest BCUT2D eigenvalue weighted by Crippen LogP contribution is 2.16. The predicted molar refractivity (Wildman–Crippen MR) is 49.5 cm³/mol. The normalized spacial score (nSPS) is 9.31. The third-order valence-corrected chi connectivity index (χ3v) is 2.17. The van der Waals surface area contributed by atoms with Crippen LogP contribution < -0.4 is 0 Å². The Balaban J connectivity index is 2.59. The molecule has 0 saturated carbocycles. The molecule has 1 amide bonds. The quantitative estimate of drug-likeness (QED) is 0.811. The highest BCUT2D eigenvalue weighted by Gasteiger charge is 2.02. The van der Waals surface area contributed by atoms with E-state index >= 15 is 0 Å². The summed E-state index contributed by atoms with van der Waals surface area (Å²) in [6, 6.07) is 7.37. The molecule has 1 aromatic rings. The van der Waals surface area contributed by atoms with E-state index in [9.17, 15) is 4.79 Å². The molecule has 0 aliphatic heterocycles. The number of rotatable bonds is 2. The minimum absolute atomic E-state index is 0.128. The van der Waals surface area contributed by atoms with Crippen LogP contribution >= 0.6 is 15.9 Å². The summed E-state index contributed by atoms with van der Waals surface area (Å²) in [4.78, 5) is 10.5. The Labute approximate surface area is 83.5 Å². The van der Waals surface area contributed by atoms with Crippen molar-refractivity contribution in [3.05, 3.63) is 34.3 Å². The van der Waals surface area contributed by atoms with Crippen molar-refractivity contribution < 1.29 is 9.53 Å². The number of benzene rings is 1. The van der Waals surface area contributed by atoms with Crippen molar-refractivity contribution in [2.45, 2.75) is 6.61 Å². The molecule has 0 aromatic heterocycles. The standard InChI is InChI=1S/C8H7BrN2O2/c9-7-4-2-1-3-6(7)5-13-8(12)11-10/h1-4,10H,5H2. The lowest BCUT2D eigenvalue weighted by Crippen LogP contribution is -1.98. The molecule has 1 rings (SSSR count). The summed E-state index contributed by atoms with van der Waals surface area (Å²) in [5.41, 5.74) is 7.21. The van der Waals surface area contributed by atoms with Crippen LogP contribution in [0.25, 0.3) is 0 Å². The van der Waals surface area contributed by atoms with Gasteiger partial charge in [-0.2, -0.15) is 5.53 Å². The van der Waals surface area contributed by atoms with Gasteiger partial charge in [-0.3, -0.25) is 0 Å². The van der Waals surface area contributed by atoms with Gasteiger partial charge in [0.25, 0.3) is 0 Å². The van der Waals surface area contributed by atoms with Gasteiger partial charge in [0.15, 0.2) is 0 Å². The molecule has 5 heteroatoms. The first kappa shape index (κ1) is 9.85. The van der Waals surface area contributed by atoms with Gasteiger partial charge in [-0.05, 0) is 6.07 Å². The molecule has 4 nitrogen and oxygen atoms in total. The lowest BCUT2D eigenvalue weighted by Gasteiger charge is -2.02. The summed E-state index contributed by atoms with van der Waals surface area (Å²) in [6.45, 7) is 0.128. The van der Waals surface area contributed by atoms with E-state index in [2.05, 4.69) is 25.8 Å². The van der Waals surface area contributed by atoms with E-state index in [0.29, 0.717) is 0 Å². The number of hydrogen-bond donors (Lipinski definition) is 1. The van der Waals surface area contributed by atoms with Crippen LogP contribution in [0.4, 0.5) is 4.79 Å². The van der Waals surface area contributed by atoms with Crippen LogP contribution in [0.3, 0.4) is 0 Å². The number of carbonyl (C=O) groups is 1. The number of nitrogens with one attached hydrogen (secondary N) is 1. The maximum Gasteiger partial charge on any atom is 0.452 e. The molecule has 0 atom stereocenters. The molecule has 1 N–H and O–H groups in total. The van der Waals surface area contributed by atoms with Gasteiger partial charge >= 0.3 is 6.09 Å². The second-order valence-corrected chi connectivity index (χ2v) is 3.11. The second-order valence-electron chi connectivity index (χ2n) is 2.26. The third kappa shape index (κ3) is 2.95.